The van der Waals surface area contributed by atoms with Crippen LogP contribution >= 0.6 is 0 Å². The van der Waals surface area contributed by atoms with Crippen molar-refractivity contribution in [3.8, 4) is 0 Å². The summed E-state index contributed by atoms with van der Waals surface area (Å²) in [6.45, 7) is 2.01. The molecular formula is C13H21N3O3S. The second kappa shape index (κ2) is 7.37. The van der Waals surface area contributed by atoms with Crippen molar-refractivity contribution in [3.05, 3.63) is 24.3 Å². The number of hydrogen-bond acceptors (Lipinski definition) is 4. The molecule has 4 N–H and O–H groups in total. The molecule has 112 valence electrons. The topological polar surface area (TPSA) is 101 Å². The lowest BCUT2D eigenvalue weighted by molar-refractivity contribution is -0.116. The molecule has 0 heterocycles. The zero-order chi connectivity index (χ0) is 15.2. The van der Waals surface area contributed by atoms with Crippen LogP contribution in [-0.2, 0) is 14.8 Å². The Balaban J connectivity index is 2.64. The van der Waals surface area contributed by atoms with Crippen LogP contribution in [0.25, 0.3) is 0 Å². The minimum atomic E-state index is -3.45. The molecule has 0 fully saturated rings. The summed E-state index contributed by atoms with van der Waals surface area (Å²) in [5, 5.41) is 2.69. The molecule has 0 aromatic heterocycles. The number of amides is 1. The quantitative estimate of drug-likeness (QED) is 0.700. The fraction of sp³-hybridized carbons (Fsp3) is 0.462. The van der Waals surface area contributed by atoms with Gasteiger partial charge >= 0.3 is 0 Å². The van der Waals surface area contributed by atoms with E-state index in [1.165, 1.54) is 19.2 Å². The lowest BCUT2D eigenvalue weighted by atomic mass is 10.1. The number of carbonyl (C=O) groups is 1. The maximum Gasteiger partial charge on any atom is 0.240 e. The highest BCUT2D eigenvalue weighted by Crippen LogP contribution is 2.14. The van der Waals surface area contributed by atoms with Crippen molar-refractivity contribution in [3.63, 3.8) is 0 Å². The maximum atomic E-state index is 11.7. The molecule has 1 unspecified atom stereocenters. The molecule has 1 aromatic rings. The predicted octanol–water partition coefficient (Wildman–Crippen LogP) is 1.05. The molecule has 1 rings (SSSR count). The molecule has 6 nitrogen and oxygen atoms in total. The van der Waals surface area contributed by atoms with Crippen LogP contribution in [0.15, 0.2) is 29.2 Å². The van der Waals surface area contributed by atoms with Gasteiger partial charge in [-0.2, -0.15) is 0 Å². The van der Waals surface area contributed by atoms with Crippen LogP contribution in [0.1, 0.15) is 26.2 Å². The Hall–Kier alpha value is -1.44. The van der Waals surface area contributed by atoms with Crippen molar-refractivity contribution in [2.75, 3.05) is 12.4 Å². The van der Waals surface area contributed by atoms with E-state index in [-0.39, 0.29) is 23.3 Å². The Bertz CT molecular complexity index is 540. The third-order valence-corrected chi connectivity index (χ3v) is 4.25. The zero-order valence-electron chi connectivity index (χ0n) is 11.7. The first kappa shape index (κ1) is 16.6. The van der Waals surface area contributed by atoms with Crippen molar-refractivity contribution < 1.29 is 13.2 Å². The van der Waals surface area contributed by atoms with E-state index in [9.17, 15) is 13.2 Å². The van der Waals surface area contributed by atoms with Gasteiger partial charge in [-0.3, -0.25) is 4.79 Å². The van der Waals surface area contributed by atoms with Crippen molar-refractivity contribution >= 4 is 21.6 Å². The normalized spacial score (nSPS) is 12.9. The van der Waals surface area contributed by atoms with Crippen molar-refractivity contribution in [1.29, 1.82) is 0 Å². The summed E-state index contributed by atoms with van der Waals surface area (Å²) in [5.74, 6) is -0.171. The van der Waals surface area contributed by atoms with Crippen molar-refractivity contribution in [2.24, 2.45) is 5.73 Å². The Labute approximate surface area is 119 Å². The van der Waals surface area contributed by atoms with Gasteiger partial charge < -0.3 is 11.1 Å². The number of carbonyl (C=O) groups excluding carboxylic acids is 1. The lowest BCUT2D eigenvalue weighted by Gasteiger charge is -2.11. The molecule has 0 saturated carbocycles. The van der Waals surface area contributed by atoms with E-state index in [0.717, 1.165) is 12.8 Å². The second-order valence-corrected chi connectivity index (χ2v) is 6.42. The van der Waals surface area contributed by atoms with Crippen LogP contribution in [0.4, 0.5) is 5.69 Å². The van der Waals surface area contributed by atoms with E-state index >= 15 is 0 Å². The molecule has 0 aliphatic carbocycles. The Morgan fingerprint density at radius 2 is 1.90 bits per heavy atom. The van der Waals surface area contributed by atoms with Gasteiger partial charge in [0.05, 0.1) is 4.90 Å². The number of nitrogens with one attached hydrogen (secondary N) is 2. The minimum absolute atomic E-state index is 0.149. The smallest absolute Gasteiger partial charge is 0.240 e. The molecule has 0 aliphatic rings. The summed E-state index contributed by atoms with van der Waals surface area (Å²) >= 11 is 0. The molecule has 0 saturated heterocycles. The third-order valence-electron chi connectivity index (χ3n) is 2.82. The molecule has 1 aromatic carbocycles. The Kier molecular flexibility index (Phi) is 6.12. The van der Waals surface area contributed by atoms with Gasteiger partial charge in [-0.25, -0.2) is 13.1 Å². The van der Waals surface area contributed by atoms with Gasteiger partial charge in [0.15, 0.2) is 0 Å². The average molecular weight is 299 g/mol. The first-order chi connectivity index (χ1) is 9.39. The fourth-order valence-corrected chi connectivity index (χ4v) is 2.49. The number of sulfonamides is 1. The van der Waals surface area contributed by atoms with Gasteiger partial charge in [0, 0.05) is 18.2 Å². The lowest BCUT2D eigenvalue weighted by Crippen LogP contribution is -2.26. The number of anilines is 1. The van der Waals surface area contributed by atoms with E-state index in [4.69, 9.17) is 5.73 Å². The zero-order valence-corrected chi connectivity index (χ0v) is 12.5. The molecule has 1 amide bonds. The minimum Gasteiger partial charge on any atom is -0.327 e. The van der Waals surface area contributed by atoms with E-state index in [1.807, 2.05) is 6.92 Å². The predicted molar refractivity (Wildman–Crippen MR) is 78.8 cm³/mol. The van der Waals surface area contributed by atoms with Gasteiger partial charge in [0.1, 0.15) is 0 Å². The van der Waals surface area contributed by atoms with Crippen LogP contribution < -0.4 is 15.8 Å². The molecule has 0 radical (unpaired) electrons. The summed E-state index contributed by atoms with van der Waals surface area (Å²) < 4.78 is 25.3. The monoisotopic (exact) mass is 299 g/mol. The second-order valence-electron chi connectivity index (χ2n) is 4.53. The van der Waals surface area contributed by atoms with Crippen molar-refractivity contribution in [1.82, 2.24) is 4.72 Å². The molecule has 1 atom stereocenters. The highest BCUT2D eigenvalue weighted by atomic mass is 32.2. The SMILES string of the molecule is CCCC(N)CC(=O)Nc1ccc(S(=O)(=O)NC)cc1. The van der Waals surface area contributed by atoms with Crippen LogP contribution in [0.5, 0.6) is 0 Å². The number of rotatable bonds is 7. The first-order valence-electron chi connectivity index (χ1n) is 6.48. The Morgan fingerprint density at radius 1 is 1.30 bits per heavy atom. The van der Waals surface area contributed by atoms with Crippen LogP contribution in [-0.4, -0.2) is 27.4 Å². The van der Waals surface area contributed by atoms with Gasteiger partial charge in [-0.15, -0.1) is 0 Å². The van der Waals surface area contributed by atoms with E-state index in [1.54, 1.807) is 12.1 Å². The average Bonchev–Trinajstić information content (AvgIpc) is 2.39. The van der Waals surface area contributed by atoms with E-state index in [0.29, 0.717) is 5.69 Å². The number of hydrogen-bond donors (Lipinski definition) is 3. The largest absolute Gasteiger partial charge is 0.327 e. The van der Waals surface area contributed by atoms with Gasteiger partial charge in [-0.1, -0.05) is 13.3 Å². The van der Waals surface area contributed by atoms with E-state index < -0.39 is 10.0 Å². The van der Waals surface area contributed by atoms with Gasteiger partial charge in [0.25, 0.3) is 0 Å². The first-order valence-corrected chi connectivity index (χ1v) is 7.96. The fourth-order valence-electron chi connectivity index (χ4n) is 1.76. The van der Waals surface area contributed by atoms with Crippen LogP contribution in [0, 0.1) is 0 Å². The van der Waals surface area contributed by atoms with Crippen molar-refractivity contribution in [2.45, 2.75) is 37.1 Å². The molecule has 0 aliphatic heterocycles. The Morgan fingerprint density at radius 3 is 2.40 bits per heavy atom. The standard InChI is InChI=1S/C13H21N3O3S/c1-3-4-10(14)9-13(17)16-11-5-7-12(8-6-11)20(18,19)15-2/h5-8,10,15H,3-4,9,14H2,1-2H3,(H,16,17). The third kappa shape index (κ3) is 4.92. The highest BCUT2D eigenvalue weighted by Gasteiger charge is 2.12. The molecule has 20 heavy (non-hydrogen) atoms. The van der Waals surface area contributed by atoms with Gasteiger partial charge in [0.2, 0.25) is 15.9 Å². The summed E-state index contributed by atoms with van der Waals surface area (Å²) in [7, 11) is -2.11. The van der Waals surface area contributed by atoms with Crippen LogP contribution in [0.2, 0.25) is 0 Å². The van der Waals surface area contributed by atoms with Gasteiger partial charge in [-0.05, 0) is 37.7 Å². The number of nitrogens with two attached hydrogens (primary N) is 1. The summed E-state index contributed by atoms with van der Waals surface area (Å²) in [5.41, 5.74) is 6.34. The summed E-state index contributed by atoms with van der Waals surface area (Å²) in [4.78, 5) is 11.9. The summed E-state index contributed by atoms with van der Waals surface area (Å²) in [6.07, 6.45) is 1.99. The number of benzene rings is 1. The van der Waals surface area contributed by atoms with E-state index in [2.05, 4.69) is 10.0 Å². The maximum absolute atomic E-state index is 11.7. The molecular weight excluding hydrogens is 278 g/mol. The molecule has 0 spiro atoms. The summed E-state index contributed by atoms with van der Waals surface area (Å²) in [6, 6.07) is 5.82. The van der Waals surface area contributed by atoms with Crippen LogP contribution in [0.3, 0.4) is 0 Å². The highest BCUT2D eigenvalue weighted by molar-refractivity contribution is 7.89. The molecule has 7 heteroatoms. The molecule has 0 bridgehead atoms.